The number of carboxylic acid groups (broad SMARTS) is 1. The first-order valence-corrected chi connectivity index (χ1v) is 10.6. The zero-order chi connectivity index (χ0) is 23.8. The number of imide groups is 1. The molecule has 1 aromatic heterocycles. The summed E-state index contributed by atoms with van der Waals surface area (Å²) in [5.41, 5.74) is 1.24. The number of rotatable bonds is 5. The van der Waals surface area contributed by atoms with E-state index in [0.29, 0.717) is 11.3 Å². The Morgan fingerprint density at radius 3 is 2.28 bits per heavy atom. The highest BCUT2D eigenvalue weighted by Crippen LogP contribution is 2.34. The van der Waals surface area contributed by atoms with Gasteiger partial charge in [-0.3, -0.25) is 9.69 Å². The Hall–Kier alpha value is -3.42. The summed E-state index contributed by atoms with van der Waals surface area (Å²) >= 11 is 0. The summed E-state index contributed by atoms with van der Waals surface area (Å²) in [6.07, 6.45) is 0.407. The van der Waals surface area contributed by atoms with Gasteiger partial charge in [-0.15, -0.1) is 0 Å². The third kappa shape index (κ3) is 4.17. The van der Waals surface area contributed by atoms with E-state index in [0.717, 1.165) is 10.5 Å². The number of anilines is 2. The minimum atomic E-state index is -1.10. The quantitative estimate of drug-likeness (QED) is 0.687. The molecule has 2 aromatic rings. The molecule has 1 fully saturated rings. The van der Waals surface area contributed by atoms with Crippen LogP contribution < -0.4 is 9.80 Å². The summed E-state index contributed by atoms with van der Waals surface area (Å²) < 4.78 is 0. The largest absolute Gasteiger partial charge is 0.465 e. The third-order valence-electron chi connectivity index (χ3n) is 5.79. The van der Waals surface area contributed by atoms with Gasteiger partial charge in [0.2, 0.25) is 0 Å². The number of aromatic nitrogens is 1. The molecule has 1 saturated heterocycles. The van der Waals surface area contributed by atoms with Gasteiger partial charge in [0.1, 0.15) is 11.4 Å². The summed E-state index contributed by atoms with van der Waals surface area (Å²) in [6, 6.07) is 10.4. The van der Waals surface area contributed by atoms with Gasteiger partial charge in [-0.05, 0) is 61.6 Å². The van der Waals surface area contributed by atoms with Gasteiger partial charge in [0.25, 0.3) is 5.91 Å². The van der Waals surface area contributed by atoms with Crippen LogP contribution in [0.15, 0.2) is 42.6 Å². The van der Waals surface area contributed by atoms with Crippen LogP contribution in [-0.4, -0.2) is 45.1 Å². The lowest BCUT2D eigenvalue weighted by Gasteiger charge is -2.28. The standard InChI is InChI=1S/C24H30N4O4/c1-7-26(22(31)32)19-14-16(12-13-25-19)15-27-21(30)28(20(29)24(27,5)6)18-10-8-17(9-11-18)23(2,3)4/h8-14H,7,15H2,1-6H3,(H,31,32). The molecular weight excluding hydrogens is 408 g/mol. The molecular formula is C24H30N4O4. The van der Waals surface area contributed by atoms with Gasteiger partial charge >= 0.3 is 12.1 Å². The monoisotopic (exact) mass is 438 g/mol. The number of carbonyl (C=O) groups excluding carboxylic acids is 2. The molecule has 1 aliphatic rings. The molecule has 0 radical (unpaired) electrons. The maximum Gasteiger partial charge on any atom is 0.412 e. The maximum atomic E-state index is 13.3. The second kappa shape index (κ2) is 8.26. The molecule has 8 nitrogen and oxygen atoms in total. The first-order valence-electron chi connectivity index (χ1n) is 10.6. The summed E-state index contributed by atoms with van der Waals surface area (Å²) in [4.78, 5) is 45.9. The molecule has 8 heteroatoms. The van der Waals surface area contributed by atoms with Crippen LogP contribution in [0.3, 0.4) is 0 Å². The van der Waals surface area contributed by atoms with Crippen molar-refractivity contribution < 1.29 is 19.5 Å². The van der Waals surface area contributed by atoms with Crippen LogP contribution in [-0.2, 0) is 16.8 Å². The van der Waals surface area contributed by atoms with Crippen LogP contribution in [0.25, 0.3) is 0 Å². The number of urea groups is 1. The van der Waals surface area contributed by atoms with Gasteiger partial charge in [0, 0.05) is 19.3 Å². The number of carbonyl (C=O) groups is 3. The minimum Gasteiger partial charge on any atom is -0.465 e. The first kappa shape index (κ1) is 23.2. The van der Waals surface area contributed by atoms with Crippen molar-refractivity contribution in [1.29, 1.82) is 0 Å². The highest BCUT2D eigenvalue weighted by molar-refractivity contribution is 6.22. The molecule has 32 heavy (non-hydrogen) atoms. The SMILES string of the molecule is CCN(C(=O)O)c1cc(CN2C(=O)N(c3ccc(C(C)(C)C)cc3)C(=O)C2(C)C)ccn1. The van der Waals surface area contributed by atoms with E-state index in [1.54, 1.807) is 45.0 Å². The molecule has 0 bridgehead atoms. The number of hydrogen-bond acceptors (Lipinski definition) is 4. The van der Waals surface area contributed by atoms with E-state index in [4.69, 9.17) is 0 Å². The average molecular weight is 439 g/mol. The second-order valence-corrected chi connectivity index (χ2v) is 9.41. The van der Waals surface area contributed by atoms with Crippen molar-refractivity contribution in [3.05, 3.63) is 53.7 Å². The van der Waals surface area contributed by atoms with E-state index in [2.05, 4.69) is 25.8 Å². The Morgan fingerprint density at radius 1 is 1.12 bits per heavy atom. The van der Waals surface area contributed by atoms with Gasteiger partial charge < -0.3 is 10.0 Å². The Kier molecular flexibility index (Phi) is 6.00. The van der Waals surface area contributed by atoms with Crippen LogP contribution in [0.2, 0.25) is 0 Å². The maximum absolute atomic E-state index is 13.3. The Labute approximate surface area is 188 Å². The van der Waals surface area contributed by atoms with Crippen molar-refractivity contribution in [3.8, 4) is 0 Å². The molecule has 0 atom stereocenters. The lowest BCUT2D eigenvalue weighted by molar-refractivity contribution is -0.123. The molecule has 1 N–H and O–H groups in total. The predicted molar refractivity (Wildman–Crippen MR) is 123 cm³/mol. The summed E-state index contributed by atoms with van der Waals surface area (Å²) in [7, 11) is 0. The molecule has 1 aliphatic heterocycles. The summed E-state index contributed by atoms with van der Waals surface area (Å²) in [6.45, 7) is 11.9. The van der Waals surface area contributed by atoms with Gasteiger partial charge in [0.15, 0.2) is 0 Å². The Balaban J connectivity index is 1.90. The molecule has 2 heterocycles. The van der Waals surface area contributed by atoms with Gasteiger partial charge in [-0.1, -0.05) is 32.9 Å². The average Bonchev–Trinajstić information content (AvgIpc) is 2.87. The number of benzene rings is 1. The van der Waals surface area contributed by atoms with Crippen LogP contribution in [0, 0.1) is 0 Å². The van der Waals surface area contributed by atoms with E-state index in [1.165, 1.54) is 16.0 Å². The second-order valence-electron chi connectivity index (χ2n) is 9.41. The molecule has 1 aromatic carbocycles. The van der Waals surface area contributed by atoms with Gasteiger partial charge in [-0.2, -0.15) is 0 Å². The highest BCUT2D eigenvalue weighted by atomic mass is 16.4. The predicted octanol–water partition coefficient (Wildman–Crippen LogP) is 4.63. The van der Waals surface area contributed by atoms with Crippen molar-refractivity contribution in [1.82, 2.24) is 9.88 Å². The molecule has 0 saturated carbocycles. The number of nitrogens with zero attached hydrogens (tertiary/aromatic N) is 4. The van der Waals surface area contributed by atoms with Gasteiger partial charge in [0.05, 0.1) is 5.69 Å². The van der Waals surface area contributed by atoms with Crippen molar-refractivity contribution in [3.63, 3.8) is 0 Å². The smallest absolute Gasteiger partial charge is 0.412 e. The number of amides is 4. The van der Waals surface area contributed by atoms with E-state index in [9.17, 15) is 19.5 Å². The van der Waals surface area contributed by atoms with Crippen molar-refractivity contribution in [2.75, 3.05) is 16.3 Å². The van der Waals surface area contributed by atoms with Crippen LogP contribution in [0.4, 0.5) is 21.1 Å². The highest BCUT2D eigenvalue weighted by Gasteiger charge is 2.51. The fourth-order valence-corrected chi connectivity index (χ4v) is 3.72. The van der Waals surface area contributed by atoms with E-state index in [-0.39, 0.29) is 30.2 Å². The zero-order valence-corrected chi connectivity index (χ0v) is 19.4. The Morgan fingerprint density at radius 2 is 1.75 bits per heavy atom. The summed E-state index contributed by atoms with van der Waals surface area (Å²) in [5.74, 6) is -0.0242. The summed E-state index contributed by atoms with van der Waals surface area (Å²) in [5, 5.41) is 9.36. The minimum absolute atomic E-state index is 0.0375. The zero-order valence-electron chi connectivity index (χ0n) is 19.4. The molecule has 4 amide bonds. The van der Waals surface area contributed by atoms with Crippen LogP contribution >= 0.6 is 0 Å². The first-order chi connectivity index (χ1) is 14.9. The van der Waals surface area contributed by atoms with Crippen LogP contribution in [0.5, 0.6) is 0 Å². The van der Waals surface area contributed by atoms with E-state index < -0.39 is 17.7 Å². The lowest BCUT2D eigenvalue weighted by Crippen LogP contribution is -2.43. The third-order valence-corrected chi connectivity index (χ3v) is 5.79. The molecule has 0 spiro atoms. The van der Waals surface area contributed by atoms with E-state index >= 15 is 0 Å². The fourth-order valence-electron chi connectivity index (χ4n) is 3.72. The number of pyridine rings is 1. The molecule has 0 unspecified atom stereocenters. The van der Waals surface area contributed by atoms with Crippen LogP contribution in [0.1, 0.15) is 52.7 Å². The fraction of sp³-hybridized carbons (Fsp3) is 0.417. The van der Waals surface area contributed by atoms with E-state index in [1.807, 2.05) is 12.1 Å². The van der Waals surface area contributed by atoms with Crippen molar-refractivity contribution >= 4 is 29.5 Å². The topological polar surface area (TPSA) is 94.0 Å². The number of hydrogen-bond donors (Lipinski definition) is 1. The van der Waals surface area contributed by atoms with Crippen molar-refractivity contribution in [2.45, 2.75) is 59.0 Å². The van der Waals surface area contributed by atoms with Gasteiger partial charge in [-0.25, -0.2) is 19.5 Å². The van der Waals surface area contributed by atoms with Crippen molar-refractivity contribution in [2.24, 2.45) is 0 Å². The Bertz CT molecular complexity index is 1040. The lowest BCUT2D eigenvalue weighted by atomic mass is 9.87. The molecule has 3 rings (SSSR count). The molecule has 170 valence electrons. The molecule has 0 aliphatic carbocycles. The normalized spacial score (nSPS) is 15.9.